The highest BCUT2D eigenvalue weighted by atomic mass is 16.7. The summed E-state index contributed by atoms with van der Waals surface area (Å²) in [4.78, 5) is 33.9. The van der Waals surface area contributed by atoms with Gasteiger partial charge in [0.2, 0.25) is 0 Å². The summed E-state index contributed by atoms with van der Waals surface area (Å²) >= 11 is 0. The molecule has 12 nitrogen and oxygen atoms in total. The van der Waals surface area contributed by atoms with E-state index in [9.17, 15) is 14.4 Å². The van der Waals surface area contributed by atoms with Crippen LogP contribution in [0.1, 0.15) is 19.5 Å². The summed E-state index contributed by atoms with van der Waals surface area (Å²) in [6.45, 7) is 3.31. The van der Waals surface area contributed by atoms with Gasteiger partial charge >= 0.3 is 17.6 Å². The van der Waals surface area contributed by atoms with Gasteiger partial charge in [-0.25, -0.2) is 9.48 Å². The molecule has 0 spiro atoms. The van der Waals surface area contributed by atoms with Crippen molar-refractivity contribution < 1.29 is 37.7 Å². The highest BCUT2D eigenvalue weighted by molar-refractivity contribution is 5.77. The Morgan fingerprint density at radius 2 is 1.94 bits per heavy atom. The molecule has 36 heavy (non-hydrogen) atoms. The standard InChI is InChI=1S/C24H25N3O9/c1-15(28)32-14-22-20(34-16(2)29)6-8-24(36-22)31-10-9-27-12-18(25-26-27)13-33-19-5-3-17-4-7-23(30)35-21(17)11-19/h3-8,11-12,20,22,24H,9-10,13-14H2,1-2H3/t20-,22+,24-/m0/s1. The first kappa shape index (κ1) is 25.1. The van der Waals surface area contributed by atoms with E-state index in [0.717, 1.165) is 5.39 Å². The lowest BCUT2D eigenvalue weighted by molar-refractivity contribution is -0.197. The summed E-state index contributed by atoms with van der Waals surface area (Å²) in [5, 5.41) is 8.93. The summed E-state index contributed by atoms with van der Waals surface area (Å²) in [5.41, 5.74) is 0.612. The van der Waals surface area contributed by atoms with Crippen LogP contribution in [0.4, 0.5) is 0 Å². The molecule has 0 N–H and O–H groups in total. The number of fused-ring (bicyclic) bond motifs is 1. The van der Waals surface area contributed by atoms with Crippen molar-refractivity contribution in [2.45, 2.75) is 45.5 Å². The molecule has 0 aliphatic carbocycles. The molecule has 2 aromatic heterocycles. The average molecular weight is 499 g/mol. The molecule has 0 fully saturated rings. The molecule has 3 heterocycles. The Hall–Kier alpha value is -4.03. The summed E-state index contributed by atoms with van der Waals surface area (Å²) in [7, 11) is 0. The van der Waals surface area contributed by atoms with Crippen molar-refractivity contribution in [3.8, 4) is 5.75 Å². The summed E-state index contributed by atoms with van der Waals surface area (Å²) < 4.78 is 34.2. The van der Waals surface area contributed by atoms with E-state index in [2.05, 4.69) is 10.3 Å². The Morgan fingerprint density at radius 1 is 1.11 bits per heavy atom. The molecule has 0 unspecified atom stereocenters. The lowest BCUT2D eigenvalue weighted by Gasteiger charge is -2.31. The molecule has 3 atom stereocenters. The Labute approximate surface area is 205 Å². The number of carbonyl (C=O) groups excluding carboxylic acids is 2. The lowest BCUT2D eigenvalue weighted by Crippen LogP contribution is -2.42. The number of rotatable bonds is 10. The number of benzene rings is 1. The van der Waals surface area contributed by atoms with E-state index < -0.39 is 36.1 Å². The number of hydrogen-bond donors (Lipinski definition) is 0. The second-order valence-corrected chi connectivity index (χ2v) is 7.89. The van der Waals surface area contributed by atoms with Crippen LogP contribution in [0.2, 0.25) is 0 Å². The van der Waals surface area contributed by atoms with Gasteiger partial charge in [0.05, 0.1) is 19.3 Å². The van der Waals surface area contributed by atoms with Crippen molar-refractivity contribution in [3.05, 3.63) is 64.8 Å². The van der Waals surface area contributed by atoms with Crippen LogP contribution < -0.4 is 10.4 Å². The lowest BCUT2D eigenvalue weighted by atomic mass is 10.1. The van der Waals surface area contributed by atoms with E-state index in [0.29, 0.717) is 23.6 Å². The van der Waals surface area contributed by atoms with Crippen LogP contribution in [0.15, 0.2) is 57.9 Å². The number of hydrogen-bond acceptors (Lipinski definition) is 11. The van der Waals surface area contributed by atoms with Crippen molar-refractivity contribution in [1.29, 1.82) is 0 Å². The number of nitrogens with zero attached hydrogens (tertiary/aromatic N) is 3. The quantitative estimate of drug-likeness (QED) is 0.229. The van der Waals surface area contributed by atoms with Gasteiger partial charge in [-0.3, -0.25) is 9.59 Å². The van der Waals surface area contributed by atoms with Crippen molar-refractivity contribution in [3.63, 3.8) is 0 Å². The maximum Gasteiger partial charge on any atom is 0.336 e. The first-order chi connectivity index (χ1) is 17.4. The predicted molar refractivity (Wildman–Crippen MR) is 123 cm³/mol. The van der Waals surface area contributed by atoms with Crippen LogP contribution in [-0.2, 0) is 41.7 Å². The van der Waals surface area contributed by atoms with Gasteiger partial charge in [0.25, 0.3) is 0 Å². The van der Waals surface area contributed by atoms with E-state index in [1.54, 1.807) is 47.3 Å². The Kier molecular flexibility index (Phi) is 8.08. The van der Waals surface area contributed by atoms with Crippen molar-refractivity contribution in [2.24, 2.45) is 0 Å². The fourth-order valence-corrected chi connectivity index (χ4v) is 3.42. The highest BCUT2D eigenvalue weighted by Gasteiger charge is 2.31. The monoisotopic (exact) mass is 499 g/mol. The van der Waals surface area contributed by atoms with Crippen LogP contribution in [0.25, 0.3) is 11.0 Å². The minimum atomic E-state index is -0.711. The first-order valence-electron chi connectivity index (χ1n) is 11.2. The highest BCUT2D eigenvalue weighted by Crippen LogP contribution is 2.20. The Bertz CT molecular complexity index is 1300. The number of esters is 2. The van der Waals surface area contributed by atoms with Crippen molar-refractivity contribution in [2.75, 3.05) is 13.2 Å². The SMILES string of the molecule is CC(=O)OC[C@H]1O[C@H](OCCn2cc(COc3ccc4ccc(=O)oc4c3)nn2)C=C[C@@H]1OC(C)=O. The predicted octanol–water partition coefficient (Wildman–Crippen LogP) is 1.76. The van der Waals surface area contributed by atoms with Crippen LogP contribution in [0.3, 0.4) is 0 Å². The number of carbonyl (C=O) groups is 2. The average Bonchev–Trinajstić information content (AvgIpc) is 3.29. The van der Waals surface area contributed by atoms with E-state index in [4.69, 9.17) is 28.1 Å². The number of ether oxygens (including phenoxy) is 5. The van der Waals surface area contributed by atoms with Gasteiger partial charge in [-0.05, 0) is 30.4 Å². The van der Waals surface area contributed by atoms with Gasteiger partial charge < -0.3 is 28.1 Å². The molecule has 3 aromatic rings. The third-order valence-corrected chi connectivity index (χ3v) is 5.06. The largest absolute Gasteiger partial charge is 0.487 e. The van der Waals surface area contributed by atoms with Gasteiger partial charge in [-0.15, -0.1) is 5.10 Å². The molecule has 0 bridgehead atoms. The summed E-state index contributed by atoms with van der Waals surface area (Å²) in [6, 6.07) is 8.27. The Morgan fingerprint density at radius 3 is 2.75 bits per heavy atom. The zero-order valence-corrected chi connectivity index (χ0v) is 19.7. The molecular weight excluding hydrogens is 474 g/mol. The summed E-state index contributed by atoms with van der Waals surface area (Å²) in [6.07, 6.45) is 2.92. The van der Waals surface area contributed by atoms with Gasteiger partial charge in [-0.1, -0.05) is 5.21 Å². The molecule has 0 amide bonds. The first-order valence-corrected chi connectivity index (χ1v) is 11.2. The molecule has 190 valence electrons. The maximum absolute atomic E-state index is 11.4. The van der Waals surface area contributed by atoms with Crippen molar-refractivity contribution >= 4 is 22.9 Å². The molecule has 4 rings (SSSR count). The summed E-state index contributed by atoms with van der Waals surface area (Å²) in [5.74, 6) is -0.407. The minimum absolute atomic E-state index is 0.0761. The zero-order chi connectivity index (χ0) is 25.5. The zero-order valence-electron chi connectivity index (χ0n) is 19.7. The van der Waals surface area contributed by atoms with Gasteiger partial charge in [0.15, 0.2) is 6.29 Å². The smallest absolute Gasteiger partial charge is 0.336 e. The molecule has 0 radical (unpaired) electrons. The van der Waals surface area contributed by atoms with Gasteiger partial charge in [-0.2, -0.15) is 0 Å². The van der Waals surface area contributed by atoms with Crippen molar-refractivity contribution in [1.82, 2.24) is 15.0 Å². The molecule has 1 aliphatic heterocycles. The second kappa shape index (κ2) is 11.6. The van der Waals surface area contributed by atoms with E-state index >= 15 is 0 Å². The third kappa shape index (κ3) is 6.99. The second-order valence-electron chi connectivity index (χ2n) is 7.89. The molecule has 12 heteroatoms. The minimum Gasteiger partial charge on any atom is -0.487 e. The van der Waals surface area contributed by atoms with Crippen LogP contribution >= 0.6 is 0 Å². The topological polar surface area (TPSA) is 141 Å². The van der Waals surface area contributed by atoms with Gasteiger partial charge in [0.1, 0.15) is 42.4 Å². The van der Waals surface area contributed by atoms with Crippen LogP contribution in [-0.4, -0.2) is 58.6 Å². The molecule has 0 saturated carbocycles. The molecular formula is C24H25N3O9. The fraction of sp³-hybridized carbons (Fsp3) is 0.375. The fourth-order valence-electron chi connectivity index (χ4n) is 3.42. The van der Waals surface area contributed by atoms with Crippen LogP contribution in [0.5, 0.6) is 5.75 Å². The Balaban J connectivity index is 1.25. The van der Waals surface area contributed by atoms with Crippen LogP contribution in [0, 0.1) is 0 Å². The normalized spacial score (nSPS) is 19.2. The third-order valence-electron chi connectivity index (χ3n) is 5.06. The van der Waals surface area contributed by atoms with Gasteiger partial charge in [0, 0.05) is 31.4 Å². The van der Waals surface area contributed by atoms with E-state index in [-0.39, 0.29) is 19.8 Å². The molecule has 1 aliphatic rings. The molecule has 1 aromatic carbocycles. The van der Waals surface area contributed by atoms with E-state index in [1.165, 1.54) is 19.9 Å². The number of aromatic nitrogens is 3. The van der Waals surface area contributed by atoms with E-state index in [1.807, 2.05) is 0 Å². The molecule has 0 saturated heterocycles. The maximum atomic E-state index is 11.4.